The summed E-state index contributed by atoms with van der Waals surface area (Å²) in [4.78, 5) is 3.27. The van der Waals surface area contributed by atoms with E-state index < -0.39 is 0 Å². The summed E-state index contributed by atoms with van der Waals surface area (Å²) in [6, 6.07) is 8.22. The Morgan fingerprint density at radius 2 is 2.00 bits per heavy atom. The smallest absolute Gasteiger partial charge is 0.0503 e. The molecule has 0 atom stereocenters. The van der Waals surface area contributed by atoms with Gasteiger partial charge in [-0.25, -0.2) is 0 Å². The molecule has 0 spiro atoms. The van der Waals surface area contributed by atoms with Gasteiger partial charge in [0.15, 0.2) is 0 Å². The van der Waals surface area contributed by atoms with Gasteiger partial charge in [0.1, 0.15) is 0 Å². The molecule has 0 saturated heterocycles. The van der Waals surface area contributed by atoms with E-state index >= 15 is 0 Å². The zero-order valence-electron chi connectivity index (χ0n) is 8.37. The van der Waals surface area contributed by atoms with E-state index in [1.165, 1.54) is 11.1 Å². The van der Waals surface area contributed by atoms with Gasteiger partial charge in [-0.15, -0.1) is 0 Å². The van der Waals surface area contributed by atoms with E-state index in [-0.39, 0.29) is 0 Å². The zero-order valence-corrected chi connectivity index (χ0v) is 9.19. The van der Waals surface area contributed by atoms with Crippen LogP contribution in [0.5, 0.6) is 0 Å². The molecule has 0 amide bonds. The Bertz CT molecular complexity index is 511. The van der Waals surface area contributed by atoms with Crippen LogP contribution in [0.25, 0.3) is 10.9 Å². The highest BCUT2D eigenvalue weighted by Gasteiger charge is 2.04. The van der Waals surface area contributed by atoms with E-state index in [1.54, 1.807) is 0 Å². The molecule has 0 unspecified atom stereocenters. The molecule has 1 nitrogen and oxygen atoms in total. The summed E-state index contributed by atoms with van der Waals surface area (Å²) in [6.45, 7) is 4.39. The van der Waals surface area contributed by atoms with Gasteiger partial charge in [-0.3, -0.25) is 0 Å². The number of hydrogen-bond donors (Lipinski definition) is 1. The molecule has 0 bridgehead atoms. The fourth-order valence-corrected chi connectivity index (χ4v) is 1.95. The molecule has 14 heavy (non-hydrogen) atoms. The lowest BCUT2D eigenvalue weighted by molar-refractivity contribution is 0.873. The number of H-pyrrole nitrogens is 1. The van der Waals surface area contributed by atoms with Crippen LogP contribution in [-0.2, 0) is 0 Å². The molecule has 0 radical (unpaired) electrons. The predicted octanol–water partition coefficient (Wildman–Crippen LogP) is 4.02. The number of aromatic amines is 1. The van der Waals surface area contributed by atoms with Crippen molar-refractivity contribution in [2.75, 3.05) is 0 Å². The third-order valence-corrected chi connectivity index (χ3v) is 2.80. The quantitative estimate of drug-likeness (QED) is 0.692. The first-order chi connectivity index (χ1) is 6.70. The molecule has 0 saturated carbocycles. The number of fused-ring (bicyclic) bond motifs is 1. The molecule has 2 heteroatoms. The molecule has 1 aromatic carbocycles. The number of pyridine rings is 1. The second kappa shape index (κ2) is 3.54. The van der Waals surface area contributed by atoms with Gasteiger partial charge in [-0.05, 0) is 17.5 Å². The second-order valence-corrected chi connectivity index (χ2v) is 4.21. The van der Waals surface area contributed by atoms with Gasteiger partial charge in [0.25, 0.3) is 0 Å². The highest BCUT2D eigenvalue weighted by molar-refractivity contribution is 7.71. The molecule has 0 aliphatic carbocycles. The Morgan fingerprint density at radius 3 is 2.71 bits per heavy atom. The lowest BCUT2D eigenvalue weighted by Crippen LogP contribution is -1.91. The molecule has 1 aromatic heterocycles. The van der Waals surface area contributed by atoms with Crippen LogP contribution in [-0.4, -0.2) is 4.98 Å². The van der Waals surface area contributed by atoms with Crippen molar-refractivity contribution < 1.29 is 0 Å². The largest absolute Gasteiger partial charge is 0.361 e. The monoisotopic (exact) mass is 203 g/mol. The topological polar surface area (TPSA) is 15.8 Å². The highest BCUT2D eigenvalue weighted by Crippen LogP contribution is 2.23. The Kier molecular flexibility index (Phi) is 2.38. The number of para-hydroxylation sites is 1. The van der Waals surface area contributed by atoms with Gasteiger partial charge in [0.05, 0.1) is 5.52 Å². The summed E-state index contributed by atoms with van der Waals surface area (Å²) in [5, 5.41) is 1.15. The van der Waals surface area contributed by atoms with Crippen LogP contribution in [0.4, 0.5) is 0 Å². The number of benzene rings is 1. The SMILES string of the molecule is CC(C)c1cccc2c(=S)cc[nH]c12. The van der Waals surface area contributed by atoms with Gasteiger partial charge >= 0.3 is 0 Å². The van der Waals surface area contributed by atoms with Crippen molar-refractivity contribution in [3.63, 3.8) is 0 Å². The predicted molar refractivity (Wildman–Crippen MR) is 63.2 cm³/mol. The summed E-state index contributed by atoms with van der Waals surface area (Å²) in [5.74, 6) is 0.520. The van der Waals surface area contributed by atoms with Crippen molar-refractivity contribution >= 4 is 23.1 Å². The van der Waals surface area contributed by atoms with Gasteiger partial charge in [-0.2, -0.15) is 0 Å². The molecule has 2 rings (SSSR count). The number of hydrogen-bond acceptors (Lipinski definition) is 1. The number of rotatable bonds is 1. The molecular weight excluding hydrogens is 190 g/mol. The van der Waals surface area contributed by atoms with Crippen LogP contribution in [0.1, 0.15) is 25.3 Å². The van der Waals surface area contributed by atoms with E-state index in [4.69, 9.17) is 12.2 Å². The molecule has 2 aromatic rings. The van der Waals surface area contributed by atoms with E-state index in [1.807, 2.05) is 12.3 Å². The van der Waals surface area contributed by atoms with Crippen molar-refractivity contribution in [3.8, 4) is 0 Å². The molecule has 1 N–H and O–H groups in total. The fraction of sp³-hybridized carbons (Fsp3) is 0.250. The normalized spacial score (nSPS) is 11.1. The Labute approximate surface area is 88.8 Å². The average Bonchev–Trinajstić information content (AvgIpc) is 2.17. The molecular formula is C12H13NS. The first-order valence-corrected chi connectivity index (χ1v) is 5.21. The minimum absolute atomic E-state index is 0.520. The third kappa shape index (κ3) is 1.46. The average molecular weight is 203 g/mol. The van der Waals surface area contributed by atoms with Gasteiger partial charge < -0.3 is 4.98 Å². The van der Waals surface area contributed by atoms with Crippen molar-refractivity contribution in [3.05, 3.63) is 40.5 Å². The van der Waals surface area contributed by atoms with E-state index in [0.29, 0.717) is 5.92 Å². The van der Waals surface area contributed by atoms with Gasteiger partial charge in [-0.1, -0.05) is 44.3 Å². The van der Waals surface area contributed by atoms with Crippen molar-refractivity contribution in [1.29, 1.82) is 0 Å². The summed E-state index contributed by atoms with van der Waals surface area (Å²) < 4.78 is 0.918. The van der Waals surface area contributed by atoms with Crippen LogP contribution in [0, 0.1) is 4.51 Å². The van der Waals surface area contributed by atoms with Crippen LogP contribution >= 0.6 is 12.2 Å². The summed E-state index contributed by atoms with van der Waals surface area (Å²) in [5.41, 5.74) is 2.50. The summed E-state index contributed by atoms with van der Waals surface area (Å²) >= 11 is 5.28. The maximum absolute atomic E-state index is 5.28. The van der Waals surface area contributed by atoms with Crippen molar-refractivity contribution in [2.45, 2.75) is 19.8 Å². The number of aromatic nitrogens is 1. The first-order valence-electron chi connectivity index (χ1n) is 4.80. The molecule has 0 aliphatic rings. The zero-order chi connectivity index (χ0) is 10.1. The van der Waals surface area contributed by atoms with E-state index in [2.05, 4.69) is 37.0 Å². The standard InChI is InChI=1S/C12H13NS/c1-8(2)9-4-3-5-10-11(14)6-7-13-12(9)10/h3-8H,1-2H3,(H,13,14). The maximum atomic E-state index is 5.28. The molecule has 0 fully saturated rings. The van der Waals surface area contributed by atoms with Gasteiger partial charge in [0.2, 0.25) is 0 Å². The summed E-state index contributed by atoms with van der Waals surface area (Å²) in [6.07, 6.45) is 1.91. The first kappa shape index (κ1) is 9.41. The molecule has 0 aliphatic heterocycles. The van der Waals surface area contributed by atoms with E-state index in [0.717, 1.165) is 9.90 Å². The van der Waals surface area contributed by atoms with Crippen LogP contribution < -0.4 is 0 Å². The van der Waals surface area contributed by atoms with Crippen molar-refractivity contribution in [1.82, 2.24) is 4.98 Å². The minimum Gasteiger partial charge on any atom is -0.361 e. The van der Waals surface area contributed by atoms with Gasteiger partial charge in [0, 0.05) is 16.1 Å². The molecule has 72 valence electrons. The minimum atomic E-state index is 0.520. The Balaban J connectivity index is 2.88. The second-order valence-electron chi connectivity index (χ2n) is 3.77. The fourth-order valence-electron chi connectivity index (χ4n) is 1.71. The lowest BCUT2D eigenvalue weighted by Gasteiger charge is -2.09. The van der Waals surface area contributed by atoms with Crippen LogP contribution in [0.2, 0.25) is 0 Å². The Hall–Kier alpha value is -1.15. The van der Waals surface area contributed by atoms with Crippen LogP contribution in [0.15, 0.2) is 30.5 Å². The van der Waals surface area contributed by atoms with Crippen molar-refractivity contribution in [2.24, 2.45) is 0 Å². The Morgan fingerprint density at radius 1 is 1.21 bits per heavy atom. The third-order valence-electron chi connectivity index (χ3n) is 2.45. The molecule has 1 heterocycles. The number of nitrogens with one attached hydrogen (secondary N) is 1. The lowest BCUT2D eigenvalue weighted by atomic mass is 10.00. The van der Waals surface area contributed by atoms with E-state index in [9.17, 15) is 0 Å². The summed E-state index contributed by atoms with van der Waals surface area (Å²) in [7, 11) is 0. The highest BCUT2D eigenvalue weighted by atomic mass is 32.1. The van der Waals surface area contributed by atoms with Crippen LogP contribution in [0.3, 0.4) is 0 Å². The maximum Gasteiger partial charge on any atom is 0.0503 e.